The summed E-state index contributed by atoms with van der Waals surface area (Å²) < 4.78 is 21.9. The summed E-state index contributed by atoms with van der Waals surface area (Å²) in [6.45, 7) is 2.66. The van der Waals surface area contributed by atoms with Crippen LogP contribution in [-0.4, -0.2) is 57.2 Å². The molecule has 1 saturated heterocycles. The molecule has 1 amide bonds. The Morgan fingerprint density at radius 3 is 2.66 bits per heavy atom. The minimum absolute atomic E-state index is 0.130. The van der Waals surface area contributed by atoms with E-state index in [1.165, 1.54) is 6.07 Å². The first kappa shape index (κ1) is 18.1. The molecule has 7 nitrogen and oxygen atoms in total. The number of nitrogens with zero attached hydrogens (tertiary/aromatic N) is 5. The van der Waals surface area contributed by atoms with Crippen LogP contribution in [-0.2, 0) is 12.1 Å². The highest BCUT2D eigenvalue weighted by molar-refractivity contribution is 5.94. The molecule has 5 rings (SSSR count). The lowest BCUT2D eigenvalue weighted by molar-refractivity contribution is 0.0405. The SMILES string of the molecule is CN1Cc2nnc(-c3ccco3)n2C2(CCN(C(=O)c3ccccc3F)CC2)C1. The Labute approximate surface area is 167 Å². The van der Waals surface area contributed by atoms with E-state index >= 15 is 0 Å². The Morgan fingerprint density at radius 1 is 1.14 bits per heavy atom. The van der Waals surface area contributed by atoms with Gasteiger partial charge in [0.15, 0.2) is 11.6 Å². The van der Waals surface area contributed by atoms with Gasteiger partial charge in [0.25, 0.3) is 5.91 Å². The van der Waals surface area contributed by atoms with E-state index in [2.05, 4.69) is 26.7 Å². The Balaban J connectivity index is 1.45. The third-order valence-electron chi connectivity index (χ3n) is 6.01. The first-order valence-electron chi connectivity index (χ1n) is 9.78. The number of hydrogen-bond acceptors (Lipinski definition) is 5. The summed E-state index contributed by atoms with van der Waals surface area (Å²) in [4.78, 5) is 16.8. The van der Waals surface area contributed by atoms with E-state index in [1.54, 1.807) is 29.4 Å². The van der Waals surface area contributed by atoms with Crippen LogP contribution in [0.4, 0.5) is 4.39 Å². The highest BCUT2D eigenvalue weighted by atomic mass is 19.1. The molecule has 2 aliphatic heterocycles. The van der Waals surface area contributed by atoms with Gasteiger partial charge in [-0.3, -0.25) is 14.3 Å². The molecule has 0 bridgehead atoms. The molecule has 2 aromatic heterocycles. The molecule has 150 valence electrons. The summed E-state index contributed by atoms with van der Waals surface area (Å²) in [5.74, 6) is 1.59. The first-order valence-corrected chi connectivity index (χ1v) is 9.78. The molecule has 0 radical (unpaired) electrons. The van der Waals surface area contributed by atoms with E-state index in [0.717, 1.165) is 31.0 Å². The number of aromatic nitrogens is 3. The summed E-state index contributed by atoms with van der Waals surface area (Å²) in [7, 11) is 2.07. The third-order valence-corrected chi connectivity index (χ3v) is 6.01. The smallest absolute Gasteiger partial charge is 0.256 e. The van der Waals surface area contributed by atoms with Crippen molar-refractivity contribution in [1.29, 1.82) is 0 Å². The largest absolute Gasteiger partial charge is 0.461 e. The lowest BCUT2D eigenvalue weighted by atomic mass is 9.84. The maximum Gasteiger partial charge on any atom is 0.256 e. The monoisotopic (exact) mass is 395 g/mol. The summed E-state index contributed by atoms with van der Waals surface area (Å²) in [6, 6.07) is 9.89. The van der Waals surface area contributed by atoms with Gasteiger partial charge >= 0.3 is 0 Å². The lowest BCUT2D eigenvalue weighted by Gasteiger charge is -2.48. The number of benzene rings is 1. The predicted molar refractivity (Wildman–Crippen MR) is 104 cm³/mol. The Kier molecular flexibility index (Phi) is 4.24. The van der Waals surface area contributed by atoms with Crippen LogP contribution < -0.4 is 0 Å². The van der Waals surface area contributed by atoms with Crippen molar-refractivity contribution in [3.63, 3.8) is 0 Å². The molecular weight excluding hydrogens is 373 g/mol. The Morgan fingerprint density at radius 2 is 1.93 bits per heavy atom. The van der Waals surface area contributed by atoms with E-state index in [1.807, 2.05) is 12.1 Å². The van der Waals surface area contributed by atoms with E-state index in [9.17, 15) is 9.18 Å². The molecule has 1 fully saturated rings. The van der Waals surface area contributed by atoms with Crippen LogP contribution in [0.3, 0.4) is 0 Å². The van der Waals surface area contributed by atoms with Crippen molar-refractivity contribution in [2.75, 3.05) is 26.7 Å². The number of carbonyl (C=O) groups excluding carboxylic acids is 1. The second kappa shape index (κ2) is 6.81. The second-order valence-electron chi connectivity index (χ2n) is 7.92. The predicted octanol–water partition coefficient (Wildman–Crippen LogP) is 2.75. The van der Waals surface area contributed by atoms with Crippen molar-refractivity contribution < 1.29 is 13.6 Å². The van der Waals surface area contributed by atoms with Crippen LogP contribution in [0.15, 0.2) is 47.1 Å². The number of fused-ring (bicyclic) bond motifs is 2. The molecule has 3 aromatic rings. The van der Waals surface area contributed by atoms with Crippen LogP contribution in [0.2, 0.25) is 0 Å². The Bertz CT molecular complexity index is 1040. The van der Waals surface area contributed by atoms with E-state index in [0.29, 0.717) is 25.4 Å². The number of likely N-dealkylation sites (N-methyl/N-ethyl adjacent to an activating group) is 1. The van der Waals surface area contributed by atoms with Gasteiger partial charge in [-0.15, -0.1) is 10.2 Å². The minimum atomic E-state index is -0.476. The summed E-state index contributed by atoms with van der Waals surface area (Å²) in [5.41, 5.74) is -0.0922. The number of furan rings is 1. The molecule has 1 aromatic carbocycles. The standard InChI is InChI=1S/C21H22FN5O2/c1-25-13-18-23-24-19(17-7-4-12-29-17)27(18)21(14-25)8-10-26(11-9-21)20(28)15-5-2-3-6-16(15)22/h2-7,12H,8-11,13-14H2,1H3. The highest BCUT2D eigenvalue weighted by Gasteiger charge is 2.44. The molecule has 2 aliphatic rings. The molecule has 0 atom stereocenters. The normalized spacial score (nSPS) is 18.8. The zero-order valence-corrected chi connectivity index (χ0v) is 16.2. The van der Waals surface area contributed by atoms with Crippen molar-refractivity contribution in [2.24, 2.45) is 0 Å². The van der Waals surface area contributed by atoms with Crippen molar-refractivity contribution in [2.45, 2.75) is 24.9 Å². The molecule has 0 saturated carbocycles. The summed E-state index contributed by atoms with van der Waals surface area (Å²) >= 11 is 0. The van der Waals surface area contributed by atoms with Crippen molar-refractivity contribution in [3.05, 3.63) is 59.9 Å². The molecule has 4 heterocycles. The first-order chi connectivity index (χ1) is 14.1. The van der Waals surface area contributed by atoms with Gasteiger partial charge in [0, 0.05) is 19.6 Å². The number of amides is 1. The van der Waals surface area contributed by atoms with Crippen molar-refractivity contribution >= 4 is 5.91 Å². The average molecular weight is 395 g/mol. The average Bonchev–Trinajstić information content (AvgIpc) is 3.38. The minimum Gasteiger partial charge on any atom is -0.461 e. The van der Waals surface area contributed by atoms with Gasteiger partial charge in [0.2, 0.25) is 0 Å². The molecule has 0 aliphatic carbocycles. The fourth-order valence-electron chi connectivity index (χ4n) is 4.67. The van der Waals surface area contributed by atoms with Crippen LogP contribution >= 0.6 is 0 Å². The van der Waals surface area contributed by atoms with Gasteiger partial charge in [-0.1, -0.05) is 12.1 Å². The third kappa shape index (κ3) is 2.95. The van der Waals surface area contributed by atoms with Crippen LogP contribution in [0.1, 0.15) is 29.0 Å². The van der Waals surface area contributed by atoms with E-state index < -0.39 is 5.82 Å². The fraction of sp³-hybridized carbons (Fsp3) is 0.381. The molecule has 8 heteroatoms. The number of likely N-dealkylation sites (tertiary alicyclic amines) is 1. The number of carbonyl (C=O) groups is 1. The molecule has 0 N–H and O–H groups in total. The van der Waals surface area contributed by atoms with Crippen molar-refractivity contribution in [3.8, 4) is 11.6 Å². The lowest BCUT2D eigenvalue weighted by Crippen LogP contribution is -2.56. The number of halogens is 1. The van der Waals surface area contributed by atoms with Crippen LogP contribution in [0.25, 0.3) is 11.6 Å². The number of piperidine rings is 1. The topological polar surface area (TPSA) is 67.4 Å². The van der Waals surface area contributed by atoms with Crippen LogP contribution in [0, 0.1) is 5.82 Å². The maximum atomic E-state index is 14.1. The van der Waals surface area contributed by atoms with Gasteiger partial charge < -0.3 is 9.32 Å². The molecule has 0 unspecified atom stereocenters. The van der Waals surface area contributed by atoms with Gasteiger partial charge in [0.05, 0.1) is 23.9 Å². The van der Waals surface area contributed by atoms with Gasteiger partial charge in [-0.2, -0.15) is 0 Å². The quantitative estimate of drug-likeness (QED) is 0.668. The van der Waals surface area contributed by atoms with Gasteiger partial charge in [-0.05, 0) is 44.2 Å². The number of rotatable bonds is 2. The summed E-state index contributed by atoms with van der Waals surface area (Å²) in [5, 5.41) is 8.81. The highest BCUT2D eigenvalue weighted by Crippen LogP contribution is 2.39. The van der Waals surface area contributed by atoms with Crippen LogP contribution in [0.5, 0.6) is 0 Å². The number of hydrogen-bond donors (Lipinski definition) is 0. The molecule has 1 spiro atoms. The van der Waals surface area contributed by atoms with Gasteiger partial charge in [-0.25, -0.2) is 4.39 Å². The zero-order chi connectivity index (χ0) is 20.0. The molecular formula is C21H22FN5O2. The Hall–Kier alpha value is -3.00. The molecule has 29 heavy (non-hydrogen) atoms. The van der Waals surface area contributed by atoms with E-state index in [4.69, 9.17) is 4.42 Å². The maximum absolute atomic E-state index is 14.1. The zero-order valence-electron chi connectivity index (χ0n) is 16.2. The van der Waals surface area contributed by atoms with E-state index in [-0.39, 0.29) is 17.0 Å². The fourth-order valence-corrected chi connectivity index (χ4v) is 4.67. The second-order valence-corrected chi connectivity index (χ2v) is 7.92. The van der Waals surface area contributed by atoms with Crippen molar-refractivity contribution in [1.82, 2.24) is 24.6 Å². The van der Waals surface area contributed by atoms with Gasteiger partial charge in [0.1, 0.15) is 11.6 Å². The summed E-state index contributed by atoms with van der Waals surface area (Å²) in [6.07, 6.45) is 3.13.